The standard InChI is InChI=1S/C33H49N5O4S/c1-3-4-5-6-7-8-9-10-11-12-16-30-31(39)22-17-27(32(30)26-15-13-14-25(2)23-26)24-35-33(40)36-28-18-20-29(21-19-28)43(41,42)38-37-34/h17-22,25-26,39H,3-16,23-24H2,1-2H3,(H2,35,36,40). The van der Waals surface area contributed by atoms with Gasteiger partial charge in [-0.25, -0.2) is 13.2 Å². The van der Waals surface area contributed by atoms with Gasteiger partial charge >= 0.3 is 6.03 Å². The number of azide groups is 1. The van der Waals surface area contributed by atoms with Gasteiger partial charge in [0.1, 0.15) is 5.75 Å². The van der Waals surface area contributed by atoms with Gasteiger partial charge < -0.3 is 15.7 Å². The van der Waals surface area contributed by atoms with Crippen LogP contribution in [0.4, 0.5) is 10.5 Å². The Balaban J connectivity index is 1.63. The van der Waals surface area contributed by atoms with E-state index in [0.29, 0.717) is 29.8 Å². The monoisotopic (exact) mass is 611 g/mol. The number of sulfonamides is 1. The van der Waals surface area contributed by atoms with Crippen molar-refractivity contribution in [3.8, 4) is 5.75 Å². The van der Waals surface area contributed by atoms with Gasteiger partial charge in [-0.15, -0.1) is 0 Å². The number of carbonyl (C=O) groups excluding carboxylic acids is 1. The van der Waals surface area contributed by atoms with Gasteiger partial charge in [0, 0.05) is 21.7 Å². The van der Waals surface area contributed by atoms with Crippen molar-refractivity contribution in [2.45, 2.75) is 128 Å². The molecule has 0 spiro atoms. The summed E-state index contributed by atoms with van der Waals surface area (Å²) in [7, 11) is -4.09. The van der Waals surface area contributed by atoms with E-state index in [-0.39, 0.29) is 4.90 Å². The van der Waals surface area contributed by atoms with Crippen molar-refractivity contribution in [1.29, 1.82) is 0 Å². The molecule has 0 heterocycles. The minimum Gasteiger partial charge on any atom is -0.508 e. The minimum atomic E-state index is -4.09. The molecule has 2 aromatic rings. The Morgan fingerprint density at radius 2 is 1.63 bits per heavy atom. The molecule has 1 fully saturated rings. The number of nitrogens with one attached hydrogen (secondary N) is 2. The van der Waals surface area contributed by atoms with E-state index in [9.17, 15) is 18.3 Å². The lowest BCUT2D eigenvalue weighted by atomic mass is 9.75. The van der Waals surface area contributed by atoms with Crippen molar-refractivity contribution in [3.63, 3.8) is 0 Å². The van der Waals surface area contributed by atoms with E-state index in [1.54, 1.807) is 6.07 Å². The number of aromatic hydroxyl groups is 1. The molecule has 0 radical (unpaired) electrons. The van der Waals surface area contributed by atoms with Crippen molar-refractivity contribution in [2.24, 2.45) is 10.4 Å². The lowest BCUT2D eigenvalue weighted by Crippen LogP contribution is -2.29. The summed E-state index contributed by atoms with van der Waals surface area (Å²) in [5, 5.41) is 16.6. The fourth-order valence-electron chi connectivity index (χ4n) is 6.27. The van der Waals surface area contributed by atoms with Gasteiger partial charge in [0.25, 0.3) is 10.0 Å². The number of amides is 2. The third-order valence-corrected chi connectivity index (χ3v) is 9.70. The van der Waals surface area contributed by atoms with Gasteiger partial charge in [0.2, 0.25) is 0 Å². The zero-order valence-corrected chi connectivity index (χ0v) is 26.7. The normalized spacial score (nSPS) is 16.8. The van der Waals surface area contributed by atoms with Crippen LogP contribution in [0.5, 0.6) is 5.75 Å². The molecule has 2 atom stereocenters. The summed E-state index contributed by atoms with van der Waals surface area (Å²) in [5.74, 6) is 1.34. The maximum absolute atomic E-state index is 12.8. The second-order valence-corrected chi connectivity index (χ2v) is 13.6. The van der Waals surface area contributed by atoms with Crippen LogP contribution in [0.1, 0.15) is 126 Å². The first-order valence-corrected chi connectivity index (χ1v) is 17.5. The van der Waals surface area contributed by atoms with Gasteiger partial charge in [-0.2, -0.15) is 0 Å². The molecular weight excluding hydrogens is 562 g/mol. The predicted molar refractivity (Wildman–Crippen MR) is 173 cm³/mol. The Bertz CT molecular complexity index is 1320. The molecule has 9 nitrogen and oxygen atoms in total. The van der Waals surface area contributed by atoms with E-state index in [1.165, 1.54) is 87.6 Å². The SMILES string of the molecule is CCCCCCCCCCCCc1c(O)ccc(CNC(=O)Nc2ccc(S(=O)(=O)N=[N+]=[N-])cc2)c1C1CCCC(C)C1. The summed E-state index contributed by atoms with van der Waals surface area (Å²) in [4.78, 5) is 15.0. The average Bonchev–Trinajstić information content (AvgIpc) is 2.98. The molecule has 2 unspecified atom stereocenters. The molecule has 10 heteroatoms. The highest BCUT2D eigenvalue weighted by molar-refractivity contribution is 7.90. The lowest BCUT2D eigenvalue weighted by Gasteiger charge is -2.31. The van der Waals surface area contributed by atoms with Crippen molar-refractivity contribution < 1.29 is 18.3 Å². The summed E-state index contributed by atoms with van der Waals surface area (Å²) in [5.41, 5.74) is 12.1. The molecule has 1 saturated carbocycles. The highest BCUT2D eigenvalue weighted by Crippen LogP contribution is 2.41. The van der Waals surface area contributed by atoms with Crippen LogP contribution in [0.25, 0.3) is 10.4 Å². The minimum absolute atomic E-state index is 0.151. The van der Waals surface area contributed by atoms with Crippen LogP contribution in [-0.4, -0.2) is 19.6 Å². The third-order valence-electron chi connectivity index (χ3n) is 8.54. The number of anilines is 1. The quantitative estimate of drug-likeness (QED) is 0.0708. The Morgan fingerprint density at radius 3 is 2.26 bits per heavy atom. The van der Waals surface area contributed by atoms with Crippen LogP contribution in [0.15, 0.2) is 45.8 Å². The number of hydrogen-bond acceptors (Lipinski definition) is 4. The number of phenolic OH excluding ortho intramolecular Hbond substituents is 1. The summed E-state index contributed by atoms with van der Waals surface area (Å²) < 4.78 is 26.6. The zero-order valence-electron chi connectivity index (χ0n) is 25.9. The first kappa shape index (κ1) is 34.3. The van der Waals surface area contributed by atoms with E-state index < -0.39 is 16.1 Å². The molecule has 2 aromatic carbocycles. The number of hydrogen-bond donors (Lipinski definition) is 3. The van der Waals surface area contributed by atoms with E-state index in [0.717, 1.165) is 49.7 Å². The zero-order chi connectivity index (χ0) is 31.1. The molecule has 2 amide bonds. The van der Waals surface area contributed by atoms with Crippen LogP contribution in [-0.2, 0) is 23.0 Å². The second-order valence-electron chi connectivity index (χ2n) is 12.0. The Kier molecular flexibility index (Phi) is 14.2. The second kappa shape index (κ2) is 17.8. The van der Waals surface area contributed by atoms with Crippen LogP contribution >= 0.6 is 0 Å². The summed E-state index contributed by atoms with van der Waals surface area (Å²) >= 11 is 0. The van der Waals surface area contributed by atoms with E-state index >= 15 is 0 Å². The third kappa shape index (κ3) is 11.1. The average molecular weight is 612 g/mol. The fourth-order valence-corrected chi connectivity index (χ4v) is 6.94. The summed E-state index contributed by atoms with van der Waals surface area (Å²) in [6.07, 6.45) is 18.1. The number of carbonyl (C=O) groups is 1. The predicted octanol–water partition coefficient (Wildman–Crippen LogP) is 9.47. The Morgan fingerprint density at radius 1 is 0.977 bits per heavy atom. The summed E-state index contributed by atoms with van der Waals surface area (Å²) in [6, 6.07) is 8.72. The van der Waals surface area contributed by atoms with E-state index in [1.807, 2.05) is 6.07 Å². The first-order chi connectivity index (χ1) is 20.7. The molecule has 0 bridgehead atoms. The maximum Gasteiger partial charge on any atom is 0.319 e. The first-order valence-electron chi connectivity index (χ1n) is 16.0. The van der Waals surface area contributed by atoms with Crippen LogP contribution in [0, 0.1) is 5.92 Å². The van der Waals surface area contributed by atoms with Gasteiger partial charge in [0.15, 0.2) is 0 Å². The molecule has 3 rings (SSSR count). The van der Waals surface area contributed by atoms with Crippen molar-refractivity contribution >= 4 is 21.7 Å². The van der Waals surface area contributed by atoms with Crippen LogP contribution < -0.4 is 10.6 Å². The molecule has 1 aliphatic carbocycles. The molecule has 43 heavy (non-hydrogen) atoms. The van der Waals surface area contributed by atoms with Crippen molar-refractivity contribution in [3.05, 3.63) is 63.5 Å². The Hall–Kier alpha value is -3.23. The smallest absolute Gasteiger partial charge is 0.319 e. The molecular formula is C33H49N5O4S. The number of urea groups is 1. The molecule has 0 aliphatic heterocycles. The molecule has 1 aliphatic rings. The van der Waals surface area contributed by atoms with E-state index in [2.05, 4.69) is 33.9 Å². The van der Waals surface area contributed by atoms with Gasteiger partial charge in [-0.1, -0.05) is 90.5 Å². The number of phenols is 1. The number of benzene rings is 2. The number of rotatable bonds is 17. The molecule has 0 saturated heterocycles. The summed E-state index contributed by atoms with van der Waals surface area (Å²) in [6.45, 7) is 4.87. The maximum atomic E-state index is 12.8. The highest BCUT2D eigenvalue weighted by atomic mass is 32.2. The molecule has 3 N–H and O–H groups in total. The molecule has 0 aromatic heterocycles. The number of unbranched alkanes of at least 4 members (excludes halogenated alkanes) is 9. The van der Waals surface area contributed by atoms with Gasteiger partial charge in [-0.05, 0) is 90.1 Å². The largest absolute Gasteiger partial charge is 0.508 e. The van der Waals surface area contributed by atoms with Crippen LogP contribution in [0.3, 0.4) is 0 Å². The number of nitrogens with zero attached hydrogens (tertiary/aromatic N) is 3. The highest BCUT2D eigenvalue weighted by Gasteiger charge is 2.26. The Labute approximate surface area is 257 Å². The van der Waals surface area contributed by atoms with E-state index in [4.69, 9.17) is 5.53 Å². The molecule has 236 valence electrons. The lowest BCUT2D eigenvalue weighted by molar-refractivity contribution is 0.251. The van der Waals surface area contributed by atoms with Gasteiger partial charge in [-0.3, -0.25) is 0 Å². The topological polar surface area (TPSA) is 144 Å². The van der Waals surface area contributed by atoms with Crippen molar-refractivity contribution in [2.75, 3.05) is 5.32 Å². The van der Waals surface area contributed by atoms with Gasteiger partial charge in [0.05, 0.1) is 4.90 Å². The fraction of sp³-hybridized carbons (Fsp3) is 0.606. The van der Waals surface area contributed by atoms with Crippen LogP contribution in [0.2, 0.25) is 0 Å². The van der Waals surface area contributed by atoms with Crippen molar-refractivity contribution in [1.82, 2.24) is 5.32 Å².